The zero-order valence-corrected chi connectivity index (χ0v) is 11.4. The molecule has 1 aliphatic rings. The number of rotatable bonds is 4. The lowest BCUT2D eigenvalue weighted by atomic mass is 10.0. The quantitative estimate of drug-likeness (QED) is 0.773. The smallest absolute Gasteiger partial charge is 0.320 e. The van der Waals surface area contributed by atoms with Crippen LogP contribution in [0, 0.1) is 0 Å². The minimum atomic E-state index is -0.775. The van der Waals surface area contributed by atoms with E-state index in [9.17, 15) is 4.79 Å². The molecule has 2 heterocycles. The third kappa shape index (κ3) is 3.74. The third-order valence-electron chi connectivity index (χ3n) is 3.52. The highest BCUT2D eigenvalue weighted by Gasteiger charge is 2.25. The van der Waals surface area contributed by atoms with E-state index in [0.29, 0.717) is 5.69 Å². The highest BCUT2D eigenvalue weighted by molar-refractivity contribution is 5.77. The maximum Gasteiger partial charge on any atom is 0.320 e. The van der Waals surface area contributed by atoms with Gasteiger partial charge in [0.25, 0.3) is 0 Å². The van der Waals surface area contributed by atoms with Crippen LogP contribution in [0.25, 0.3) is 0 Å². The van der Waals surface area contributed by atoms with Crippen LogP contribution in [-0.2, 0) is 4.79 Å². The number of nitrogen functional groups attached to an aromatic ring is 1. The van der Waals surface area contributed by atoms with E-state index < -0.39 is 12.0 Å². The number of anilines is 1. The molecule has 108 valence electrons. The van der Waals surface area contributed by atoms with Crippen LogP contribution in [0.3, 0.4) is 0 Å². The van der Waals surface area contributed by atoms with Crippen LogP contribution in [0.2, 0.25) is 0 Å². The Labute approximate surface area is 117 Å². The first-order valence-electron chi connectivity index (χ1n) is 6.65. The third-order valence-corrected chi connectivity index (χ3v) is 3.52. The number of nitrogens with two attached hydrogens (primary N) is 1. The summed E-state index contributed by atoms with van der Waals surface area (Å²) in [6.45, 7) is 3.22. The fraction of sp³-hybridized carbons (Fsp3) is 0.538. The molecule has 1 aromatic rings. The SMILES string of the molecule is CC(C(=O)O)N1CCC(N=Cc2ccnc(N)n2)CC1. The summed E-state index contributed by atoms with van der Waals surface area (Å²) in [5.74, 6) is -0.539. The number of aliphatic carboxylic acids is 1. The average Bonchev–Trinajstić information content (AvgIpc) is 2.45. The van der Waals surface area contributed by atoms with Crippen molar-refractivity contribution in [1.29, 1.82) is 0 Å². The van der Waals surface area contributed by atoms with E-state index >= 15 is 0 Å². The topological polar surface area (TPSA) is 105 Å². The lowest BCUT2D eigenvalue weighted by Gasteiger charge is -2.32. The van der Waals surface area contributed by atoms with Gasteiger partial charge in [0.2, 0.25) is 5.95 Å². The first-order chi connectivity index (χ1) is 9.56. The molecular weight excluding hydrogens is 258 g/mol. The van der Waals surface area contributed by atoms with Crippen LogP contribution in [0.15, 0.2) is 17.3 Å². The highest BCUT2D eigenvalue weighted by atomic mass is 16.4. The Kier molecular flexibility index (Phi) is 4.62. The molecule has 0 spiro atoms. The van der Waals surface area contributed by atoms with Gasteiger partial charge in [-0.2, -0.15) is 0 Å². The molecule has 1 fully saturated rings. The largest absolute Gasteiger partial charge is 0.480 e. The highest BCUT2D eigenvalue weighted by Crippen LogP contribution is 2.16. The lowest BCUT2D eigenvalue weighted by Crippen LogP contribution is -2.44. The molecule has 1 unspecified atom stereocenters. The monoisotopic (exact) mass is 277 g/mol. The van der Waals surface area contributed by atoms with Gasteiger partial charge in [-0.25, -0.2) is 9.97 Å². The fourth-order valence-corrected chi connectivity index (χ4v) is 2.22. The molecule has 2 rings (SSSR count). The number of carboxylic acids is 1. The molecular formula is C13H19N5O2. The molecule has 7 nitrogen and oxygen atoms in total. The molecule has 1 aromatic heterocycles. The van der Waals surface area contributed by atoms with E-state index in [0.717, 1.165) is 25.9 Å². The number of carboxylic acid groups (broad SMARTS) is 1. The van der Waals surface area contributed by atoms with Crippen LogP contribution in [0.1, 0.15) is 25.5 Å². The van der Waals surface area contributed by atoms with Gasteiger partial charge in [-0.1, -0.05) is 0 Å². The van der Waals surface area contributed by atoms with Gasteiger partial charge in [-0.05, 0) is 25.8 Å². The van der Waals surface area contributed by atoms with Crippen LogP contribution < -0.4 is 5.73 Å². The Balaban J connectivity index is 1.87. The summed E-state index contributed by atoms with van der Waals surface area (Å²) in [6, 6.07) is 1.53. The van der Waals surface area contributed by atoms with Gasteiger partial charge >= 0.3 is 5.97 Å². The summed E-state index contributed by atoms with van der Waals surface area (Å²) in [7, 11) is 0. The molecule has 7 heteroatoms. The van der Waals surface area contributed by atoms with Crippen molar-refractivity contribution in [1.82, 2.24) is 14.9 Å². The first-order valence-corrected chi connectivity index (χ1v) is 6.65. The van der Waals surface area contributed by atoms with Gasteiger partial charge in [-0.15, -0.1) is 0 Å². The summed E-state index contributed by atoms with van der Waals surface area (Å²) in [5.41, 5.74) is 6.19. The van der Waals surface area contributed by atoms with Crippen LogP contribution in [0.4, 0.5) is 5.95 Å². The Bertz CT molecular complexity index is 497. The number of aromatic nitrogens is 2. The molecule has 3 N–H and O–H groups in total. The van der Waals surface area contributed by atoms with Crippen LogP contribution in [0.5, 0.6) is 0 Å². The number of aliphatic imine (C=N–C) groups is 1. The summed E-state index contributed by atoms with van der Waals surface area (Å²) >= 11 is 0. The maximum absolute atomic E-state index is 10.9. The van der Waals surface area contributed by atoms with Gasteiger partial charge in [0, 0.05) is 25.5 Å². The van der Waals surface area contributed by atoms with Crippen molar-refractivity contribution in [2.75, 3.05) is 18.8 Å². The minimum Gasteiger partial charge on any atom is -0.480 e. The summed E-state index contributed by atoms with van der Waals surface area (Å²) in [4.78, 5) is 25.3. The van der Waals surface area contributed by atoms with Crippen molar-refractivity contribution in [3.8, 4) is 0 Å². The zero-order chi connectivity index (χ0) is 14.5. The van der Waals surface area contributed by atoms with E-state index in [1.54, 1.807) is 25.4 Å². The predicted molar refractivity (Wildman–Crippen MR) is 75.7 cm³/mol. The maximum atomic E-state index is 10.9. The molecule has 1 atom stereocenters. The van der Waals surface area contributed by atoms with E-state index in [4.69, 9.17) is 10.8 Å². The number of nitrogens with zero attached hydrogens (tertiary/aromatic N) is 4. The van der Waals surface area contributed by atoms with Crippen molar-refractivity contribution in [2.45, 2.75) is 31.8 Å². The van der Waals surface area contributed by atoms with E-state index in [1.165, 1.54) is 0 Å². The first kappa shape index (κ1) is 14.4. The van der Waals surface area contributed by atoms with Gasteiger partial charge in [0.1, 0.15) is 6.04 Å². The zero-order valence-electron chi connectivity index (χ0n) is 11.4. The number of likely N-dealkylation sites (tertiary alicyclic amines) is 1. The standard InChI is InChI=1S/C13H19N5O2/c1-9(12(19)20)18-6-3-10(4-7-18)16-8-11-2-5-15-13(14)17-11/h2,5,8-10H,3-4,6-7H2,1H3,(H,19,20)(H2,14,15,17). The van der Waals surface area contributed by atoms with Crippen molar-refractivity contribution in [3.05, 3.63) is 18.0 Å². The van der Waals surface area contributed by atoms with Crippen molar-refractivity contribution in [2.24, 2.45) is 4.99 Å². The normalized spacial score (nSPS) is 19.2. The van der Waals surface area contributed by atoms with E-state index in [1.807, 2.05) is 4.90 Å². The van der Waals surface area contributed by atoms with Gasteiger partial charge in [-0.3, -0.25) is 14.7 Å². The second-order valence-electron chi connectivity index (χ2n) is 4.90. The lowest BCUT2D eigenvalue weighted by molar-refractivity contribution is -0.143. The number of hydrogen-bond donors (Lipinski definition) is 2. The van der Waals surface area contributed by atoms with Crippen molar-refractivity contribution >= 4 is 18.1 Å². The molecule has 20 heavy (non-hydrogen) atoms. The van der Waals surface area contributed by atoms with Crippen LogP contribution >= 0.6 is 0 Å². The molecule has 0 aliphatic carbocycles. The van der Waals surface area contributed by atoms with Crippen LogP contribution in [-0.4, -0.2) is 57.3 Å². The van der Waals surface area contributed by atoms with E-state index in [2.05, 4.69) is 15.0 Å². The molecule has 0 radical (unpaired) electrons. The van der Waals surface area contributed by atoms with Gasteiger partial charge in [0.05, 0.1) is 11.7 Å². The van der Waals surface area contributed by atoms with Crippen molar-refractivity contribution in [3.63, 3.8) is 0 Å². The molecule has 1 saturated heterocycles. The molecule has 0 aromatic carbocycles. The number of hydrogen-bond acceptors (Lipinski definition) is 6. The predicted octanol–water partition coefficient (Wildman–Crippen LogP) is 0.415. The Morgan fingerprint density at radius 2 is 2.30 bits per heavy atom. The molecule has 0 amide bonds. The summed E-state index contributed by atoms with van der Waals surface area (Å²) in [6.07, 6.45) is 5.02. The second-order valence-corrected chi connectivity index (χ2v) is 4.90. The Morgan fingerprint density at radius 1 is 1.60 bits per heavy atom. The minimum absolute atomic E-state index is 0.212. The molecule has 0 saturated carbocycles. The van der Waals surface area contributed by atoms with Crippen molar-refractivity contribution < 1.29 is 9.90 Å². The summed E-state index contributed by atoms with van der Waals surface area (Å²) in [5, 5.41) is 8.98. The fourth-order valence-electron chi connectivity index (χ4n) is 2.22. The average molecular weight is 277 g/mol. The van der Waals surface area contributed by atoms with Gasteiger partial charge in [0.15, 0.2) is 0 Å². The summed E-state index contributed by atoms with van der Waals surface area (Å²) < 4.78 is 0. The second kappa shape index (κ2) is 6.42. The Hall–Kier alpha value is -2.02. The number of carbonyl (C=O) groups is 1. The molecule has 1 aliphatic heterocycles. The van der Waals surface area contributed by atoms with Gasteiger partial charge < -0.3 is 10.8 Å². The number of piperidine rings is 1. The van der Waals surface area contributed by atoms with E-state index in [-0.39, 0.29) is 12.0 Å². The molecule has 0 bridgehead atoms. The Morgan fingerprint density at radius 3 is 2.90 bits per heavy atom.